The Morgan fingerprint density at radius 3 is 2.71 bits per heavy atom. The van der Waals surface area contributed by atoms with E-state index in [1.165, 1.54) is 11.3 Å². The third kappa shape index (κ3) is 4.89. The zero-order chi connectivity index (χ0) is 15.2. The van der Waals surface area contributed by atoms with E-state index >= 15 is 0 Å². The highest BCUT2D eigenvalue weighted by atomic mass is 35.5. The molecule has 5 heteroatoms. The Bertz CT molecular complexity index is 585. The van der Waals surface area contributed by atoms with Gasteiger partial charge < -0.3 is 10.1 Å². The minimum absolute atomic E-state index is 0.200. The molecule has 0 fully saturated rings. The van der Waals surface area contributed by atoms with Crippen LogP contribution >= 0.6 is 34.5 Å². The molecule has 2 rings (SSSR count). The van der Waals surface area contributed by atoms with Crippen LogP contribution < -0.4 is 10.1 Å². The molecule has 0 aliphatic heterocycles. The first-order valence-electron chi connectivity index (χ1n) is 7.00. The predicted octanol–water partition coefficient (Wildman–Crippen LogP) is 5.69. The van der Waals surface area contributed by atoms with Gasteiger partial charge in [0.25, 0.3) is 0 Å². The maximum absolute atomic E-state index is 6.12. The van der Waals surface area contributed by atoms with E-state index in [0.717, 1.165) is 38.5 Å². The van der Waals surface area contributed by atoms with E-state index in [2.05, 4.69) is 19.2 Å². The van der Waals surface area contributed by atoms with E-state index in [1.54, 1.807) is 0 Å². The molecule has 0 bridgehead atoms. The summed E-state index contributed by atoms with van der Waals surface area (Å²) >= 11 is 13.6. The smallest absolute Gasteiger partial charge is 0.124 e. The van der Waals surface area contributed by atoms with Gasteiger partial charge in [-0.05, 0) is 50.2 Å². The van der Waals surface area contributed by atoms with Crippen molar-refractivity contribution in [1.82, 2.24) is 5.32 Å². The molecule has 1 atom stereocenters. The molecule has 0 saturated carbocycles. The third-order valence-electron chi connectivity index (χ3n) is 3.14. The molecule has 0 aliphatic rings. The fourth-order valence-corrected chi connectivity index (χ4v) is 3.22. The lowest BCUT2D eigenvalue weighted by Gasteiger charge is -2.18. The van der Waals surface area contributed by atoms with Gasteiger partial charge in [-0.25, -0.2) is 0 Å². The van der Waals surface area contributed by atoms with Crippen molar-refractivity contribution in [2.75, 3.05) is 6.54 Å². The summed E-state index contributed by atoms with van der Waals surface area (Å²) in [5.74, 6) is 0.861. The van der Waals surface area contributed by atoms with E-state index in [1.807, 2.05) is 30.3 Å². The van der Waals surface area contributed by atoms with Crippen LogP contribution in [0, 0.1) is 0 Å². The average Bonchev–Trinajstić information content (AvgIpc) is 2.89. The van der Waals surface area contributed by atoms with E-state index in [9.17, 15) is 0 Å². The second-order valence-corrected chi connectivity index (χ2v) is 7.09. The van der Waals surface area contributed by atoms with E-state index in [4.69, 9.17) is 27.9 Å². The van der Waals surface area contributed by atoms with Gasteiger partial charge in [0, 0.05) is 21.5 Å². The van der Waals surface area contributed by atoms with Gasteiger partial charge in [-0.3, -0.25) is 0 Å². The standard InChI is InChI=1S/C16H19Cl2NOS/c1-3-8-19-11(2)14-9-12(17)4-6-15(14)20-10-13-5-7-16(18)21-13/h4-7,9,11,19H,3,8,10H2,1-2H3. The highest BCUT2D eigenvalue weighted by Gasteiger charge is 2.12. The highest BCUT2D eigenvalue weighted by Crippen LogP contribution is 2.30. The van der Waals surface area contributed by atoms with Crippen LogP contribution in [-0.4, -0.2) is 6.54 Å². The number of hydrogen-bond acceptors (Lipinski definition) is 3. The summed E-state index contributed by atoms with van der Waals surface area (Å²) in [5.41, 5.74) is 1.08. The van der Waals surface area contributed by atoms with Crippen molar-refractivity contribution in [3.8, 4) is 5.75 Å². The molecule has 0 amide bonds. The van der Waals surface area contributed by atoms with Crippen molar-refractivity contribution in [1.29, 1.82) is 0 Å². The Balaban J connectivity index is 2.10. The summed E-state index contributed by atoms with van der Waals surface area (Å²) in [6.45, 7) is 5.76. The SMILES string of the molecule is CCCNC(C)c1cc(Cl)ccc1OCc1ccc(Cl)s1. The van der Waals surface area contributed by atoms with E-state index in [0.29, 0.717) is 6.61 Å². The summed E-state index contributed by atoms with van der Waals surface area (Å²) in [6, 6.07) is 9.82. The van der Waals surface area contributed by atoms with Gasteiger partial charge in [0.05, 0.1) is 4.34 Å². The molecule has 114 valence electrons. The van der Waals surface area contributed by atoms with E-state index < -0.39 is 0 Å². The first-order chi connectivity index (χ1) is 10.1. The molecule has 1 N–H and O–H groups in total. The predicted molar refractivity (Wildman–Crippen MR) is 91.8 cm³/mol. The molecule has 1 aromatic carbocycles. The molecule has 1 unspecified atom stereocenters. The molecule has 0 aliphatic carbocycles. The lowest BCUT2D eigenvalue weighted by Crippen LogP contribution is -2.20. The van der Waals surface area contributed by atoms with Gasteiger partial charge in [-0.2, -0.15) is 0 Å². The number of benzene rings is 1. The van der Waals surface area contributed by atoms with Crippen molar-refractivity contribution in [2.24, 2.45) is 0 Å². The number of thiophene rings is 1. The Morgan fingerprint density at radius 2 is 2.05 bits per heavy atom. The van der Waals surface area contributed by atoms with Crippen LogP contribution in [0.15, 0.2) is 30.3 Å². The largest absolute Gasteiger partial charge is 0.488 e. The first kappa shape index (κ1) is 16.6. The van der Waals surface area contributed by atoms with Crippen molar-refractivity contribution in [3.05, 3.63) is 50.1 Å². The van der Waals surface area contributed by atoms with Crippen LogP contribution in [0.5, 0.6) is 5.75 Å². The van der Waals surface area contributed by atoms with Gasteiger partial charge in [0.15, 0.2) is 0 Å². The second kappa shape index (κ2) is 8.04. The molecule has 0 spiro atoms. The first-order valence-corrected chi connectivity index (χ1v) is 8.57. The molecular formula is C16H19Cl2NOS. The zero-order valence-corrected chi connectivity index (χ0v) is 14.5. The second-order valence-electron chi connectivity index (χ2n) is 4.85. The van der Waals surface area contributed by atoms with Gasteiger partial charge in [0.2, 0.25) is 0 Å². The van der Waals surface area contributed by atoms with Crippen LogP contribution in [0.1, 0.15) is 36.8 Å². The van der Waals surface area contributed by atoms with Gasteiger partial charge >= 0.3 is 0 Å². The summed E-state index contributed by atoms with van der Waals surface area (Å²) in [5, 5.41) is 4.19. The topological polar surface area (TPSA) is 21.3 Å². The molecule has 21 heavy (non-hydrogen) atoms. The number of nitrogens with one attached hydrogen (secondary N) is 1. The summed E-state index contributed by atoms with van der Waals surface area (Å²) in [7, 11) is 0. The molecule has 0 radical (unpaired) electrons. The number of ether oxygens (including phenoxy) is 1. The molecule has 1 aromatic heterocycles. The lowest BCUT2D eigenvalue weighted by atomic mass is 10.1. The molecule has 0 saturated heterocycles. The van der Waals surface area contributed by atoms with E-state index in [-0.39, 0.29) is 6.04 Å². The molecule has 2 aromatic rings. The van der Waals surface area contributed by atoms with Crippen LogP contribution in [0.25, 0.3) is 0 Å². The van der Waals surface area contributed by atoms with Crippen molar-refractivity contribution >= 4 is 34.5 Å². The Labute approximate surface area is 140 Å². The maximum atomic E-state index is 6.12. The molecular weight excluding hydrogens is 325 g/mol. The average molecular weight is 344 g/mol. The van der Waals surface area contributed by atoms with Gasteiger partial charge in [-0.1, -0.05) is 30.1 Å². The van der Waals surface area contributed by atoms with Crippen LogP contribution in [-0.2, 0) is 6.61 Å². The minimum atomic E-state index is 0.200. The monoisotopic (exact) mass is 343 g/mol. The zero-order valence-electron chi connectivity index (χ0n) is 12.2. The van der Waals surface area contributed by atoms with Gasteiger partial charge in [-0.15, -0.1) is 11.3 Å². The Kier molecular flexibility index (Phi) is 6.37. The van der Waals surface area contributed by atoms with Crippen molar-refractivity contribution in [3.63, 3.8) is 0 Å². The van der Waals surface area contributed by atoms with Crippen molar-refractivity contribution < 1.29 is 4.74 Å². The highest BCUT2D eigenvalue weighted by molar-refractivity contribution is 7.16. The Hall–Kier alpha value is -0.740. The number of hydrogen-bond donors (Lipinski definition) is 1. The summed E-state index contributed by atoms with van der Waals surface area (Å²) < 4.78 is 6.73. The van der Waals surface area contributed by atoms with Crippen LogP contribution in [0.4, 0.5) is 0 Å². The molecule has 1 heterocycles. The summed E-state index contributed by atoms with van der Waals surface area (Å²) in [4.78, 5) is 1.11. The Morgan fingerprint density at radius 1 is 1.24 bits per heavy atom. The van der Waals surface area contributed by atoms with Crippen LogP contribution in [0.3, 0.4) is 0 Å². The normalized spacial score (nSPS) is 12.4. The lowest BCUT2D eigenvalue weighted by molar-refractivity contribution is 0.303. The number of halogens is 2. The number of rotatable bonds is 7. The van der Waals surface area contributed by atoms with Crippen LogP contribution in [0.2, 0.25) is 9.36 Å². The van der Waals surface area contributed by atoms with Crippen molar-refractivity contribution in [2.45, 2.75) is 32.9 Å². The minimum Gasteiger partial charge on any atom is -0.488 e. The third-order valence-corrected chi connectivity index (χ3v) is 4.58. The fraction of sp³-hybridized carbons (Fsp3) is 0.375. The fourth-order valence-electron chi connectivity index (χ4n) is 2.04. The molecule has 2 nitrogen and oxygen atoms in total. The summed E-state index contributed by atoms with van der Waals surface area (Å²) in [6.07, 6.45) is 1.09. The van der Waals surface area contributed by atoms with Gasteiger partial charge in [0.1, 0.15) is 12.4 Å². The quantitative estimate of drug-likeness (QED) is 0.696. The maximum Gasteiger partial charge on any atom is 0.124 e.